The third-order valence-corrected chi connectivity index (χ3v) is 3.73. The molecular weight excluding hydrogens is 362 g/mol. The van der Waals surface area contributed by atoms with E-state index in [1.165, 1.54) is 13.2 Å². The summed E-state index contributed by atoms with van der Waals surface area (Å²) in [5.74, 6) is 0.817. The molecule has 0 aliphatic carbocycles. The number of aromatic nitrogens is 2. The Hall–Kier alpha value is -3.03. The molecule has 1 aromatic heterocycles. The second-order valence-electron chi connectivity index (χ2n) is 6.95. The van der Waals surface area contributed by atoms with Crippen molar-refractivity contribution in [2.24, 2.45) is 5.92 Å². The molecule has 0 aliphatic rings. The Labute approximate surface area is 164 Å². The van der Waals surface area contributed by atoms with Crippen molar-refractivity contribution in [3.8, 4) is 11.5 Å². The molecule has 0 spiro atoms. The first-order chi connectivity index (χ1) is 13.3. The van der Waals surface area contributed by atoms with Crippen LogP contribution in [0.2, 0.25) is 0 Å². The molecule has 2 rings (SSSR count). The Morgan fingerprint density at radius 1 is 1.14 bits per heavy atom. The number of ether oxygens (including phenoxy) is 3. The van der Waals surface area contributed by atoms with E-state index in [0.29, 0.717) is 29.8 Å². The van der Waals surface area contributed by atoms with Crippen molar-refractivity contribution in [3.05, 3.63) is 36.0 Å². The third kappa shape index (κ3) is 5.73. The number of carbonyl (C=O) groups excluding carboxylic acids is 2. The van der Waals surface area contributed by atoms with E-state index in [4.69, 9.17) is 14.2 Å². The maximum atomic E-state index is 12.3. The van der Waals surface area contributed by atoms with Crippen molar-refractivity contribution in [1.82, 2.24) is 9.78 Å². The van der Waals surface area contributed by atoms with E-state index in [-0.39, 0.29) is 11.6 Å². The highest BCUT2D eigenvalue weighted by molar-refractivity contribution is 5.95. The summed E-state index contributed by atoms with van der Waals surface area (Å²) in [4.78, 5) is 24.3. The monoisotopic (exact) mass is 389 g/mol. The van der Waals surface area contributed by atoms with Gasteiger partial charge in [0.25, 0.3) is 5.91 Å². The van der Waals surface area contributed by atoms with Crippen molar-refractivity contribution in [2.75, 3.05) is 25.6 Å². The van der Waals surface area contributed by atoms with Crippen LogP contribution in [-0.4, -0.2) is 42.0 Å². The van der Waals surface area contributed by atoms with E-state index in [0.717, 1.165) is 0 Å². The first-order valence-electron chi connectivity index (χ1n) is 9.13. The summed E-state index contributed by atoms with van der Waals surface area (Å²) in [5.41, 5.74) is 0.272. The number of rotatable bonds is 9. The minimum atomic E-state index is -0.624. The lowest BCUT2D eigenvalue weighted by Gasteiger charge is -2.14. The SMILES string of the molecule is COc1cc(C(=O)OCC(=O)Nc2ccnn2C(C)C)ccc1OCC(C)C. The molecule has 0 saturated heterocycles. The van der Waals surface area contributed by atoms with Gasteiger partial charge in [0, 0.05) is 12.1 Å². The van der Waals surface area contributed by atoms with E-state index < -0.39 is 18.5 Å². The van der Waals surface area contributed by atoms with Gasteiger partial charge >= 0.3 is 5.97 Å². The Morgan fingerprint density at radius 2 is 1.89 bits per heavy atom. The van der Waals surface area contributed by atoms with Gasteiger partial charge in [-0.2, -0.15) is 5.10 Å². The Balaban J connectivity index is 1.95. The zero-order valence-electron chi connectivity index (χ0n) is 16.9. The molecule has 0 radical (unpaired) electrons. The van der Waals surface area contributed by atoms with E-state index in [1.54, 1.807) is 29.1 Å². The number of esters is 1. The molecule has 1 aromatic carbocycles. The summed E-state index contributed by atoms with van der Waals surface area (Å²) in [6, 6.07) is 6.53. The molecule has 0 unspecified atom stereocenters. The van der Waals surface area contributed by atoms with Crippen molar-refractivity contribution in [2.45, 2.75) is 33.7 Å². The van der Waals surface area contributed by atoms with Gasteiger partial charge in [0.05, 0.1) is 25.5 Å². The summed E-state index contributed by atoms with van der Waals surface area (Å²) in [5, 5.41) is 6.81. The van der Waals surface area contributed by atoms with Crippen LogP contribution in [-0.2, 0) is 9.53 Å². The average Bonchev–Trinajstić information content (AvgIpc) is 3.12. The van der Waals surface area contributed by atoms with Crippen molar-refractivity contribution in [3.63, 3.8) is 0 Å². The summed E-state index contributed by atoms with van der Waals surface area (Å²) < 4.78 is 17.7. The van der Waals surface area contributed by atoms with Gasteiger partial charge in [-0.15, -0.1) is 0 Å². The van der Waals surface area contributed by atoms with Gasteiger partial charge in [0.2, 0.25) is 0 Å². The molecule has 152 valence electrons. The van der Waals surface area contributed by atoms with Crippen molar-refractivity contribution < 1.29 is 23.8 Å². The number of carbonyl (C=O) groups is 2. The molecule has 8 nitrogen and oxygen atoms in total. The van der Waals surface area contributed by atoms with Crippen LogP contribution in [0.25, 0.3) is 0 Å². The van der Waals surface area contributed by atoms with Crippen LogP contribution >= 0.6 is 0 Å². The van der Waals surface area contributed by atoms with E-state index in [2.05, 4.69) is 10.4 Å². The normalized spacial score (nSPS) is 10.8. The molecular formula is C20H27N3O5. The molecule has 0 aliphatic heterocycles. The van der Waals surface area contributed by atoms with Crippen molar-refractivity contribution in [1.29, 1.82) is 0 Å². The molecule has 8 heteroatoms. The summed E-state index contributed by atoms with van der Waals surface area (Å²) in [6.45, 7) is 8.10. The predicted octanol–water partition coefficient (Wildman–Crippen LogP) is 3.30. The zero-order valence-corrected chi connectivity index (χ0v) is 16.9. The number of nitrogens with one attached hydrogen (secondary N) is 1. The molecule has 0 saturated carbocycles. The summed E-state index contributed by atoms with van der Waals surface area (Å²) in [7, 11) is 1.50. The van der Waals surface area contributed by atoms with Gasteiger partial charge in [-0.05, 0) is 38.0 Å². The molecule has 1 amide bonds. The van der Waals surface area contributed by atoms with E-state index >= 15 is 0 Å². The summed E-state index contributed by atoms with van der Waals surface area (Å²) >= 11 is 0. The van der Waals surface area contributed by atoms with Crippen LogP contribution in [0, 0.1) is 5.92 Å². The number of hydrogen-bond acceptors (Lipinski definition) is 6. The largest absolute Gasteiger partial charge is 0.493 e. The molecule has 0 atom stereocenters. The zero-order chi connectivity index (χ0) is 20.7. The maximum absolute atomic E-state index is 12.3. The van der Waals surface area contributed by atoms with Gasteiger partial charge in [-0.25, -0.2) is 9.48 Å². The number of anilines is 1. The summed E-state index contributed by atoms with van der Waals surface area (Å²) in [6.07, 6.45) is 1.59. The molecule has 1 N–H and O–H groups in total. The minimum absolute atomic E-state index is 0.0942. The van der Waals surface area contributed by atoms with Crippen LogP contribution in [0.5, 0.6) is 11.5 Å². The maximum Gasteiger partial charge on any atom is 0.338 e. The second kappa shape index (κ2) is 9.77. The van der Waals surface area contributed by atoms with E-state index in [1.807, 2.05) is 27.7 Å². The van der Waals surface area contributed by atoms with Crippen LogP contribution in [0.1, 0.15) is 44.1 Å². The Morgan fingerprint density at radius 3 is 2.54 bits per heavy atom. The Kier molecular flexibility index (Phi) is 7.43. The average molecular weight is 389 g/mol. The van der Waals surface area contributed by atoms with Gasteiger partial charge in [0.15, 0.2) is 18.1 Å². The highest BCUT2D eigenvalue weighted by Gasteiger charge is 2.15. The standard InChI is InChI=1S/C20H27N3O5/c1-13(2)11-27-16-7-6-15(10-17(16)26-5)20(25)28-12-19(24)22-18-8-9-21-23(18)14(3)4/h6-10,13-14H,11-12H2,1-5H3,(H,22,24). The smallest absolute Gasteiger partial charge is 0.338 e. The lowest BCUT2D eigenvalue weighted by atomic mass is 10.2. The topological polar surface area (TPSA) is 91.7 Å². The third-order valence-electron chi connectivity index (χ3n) is 3.73. The predicted molar refractivity (Wildman–Crippen MR) is 105 cm³/mol. The minimum Gasteiger partial charge on any atom is -0.493 e. The number of nitrogens with zero attached hydrogens (tertiary/aromatic N) is 2. The van der Waals surface area contributed by atoms with Crippen LogP contribution in [0.15, 0.2) is 30.5 Å². The van der Waals surface area contributed by atoms with Gasteiger partial charge in [0.1, 0.15) is 5.82 Å². The van der Waals surface area contributed by atoms with E-state index in [9.17, 15) is 9.59 Å². The molecule has 1 heterocycles. The quantitative estimate of drug-likeness (QED) is 0.662. The van der Waals surface area contributed by atoms with Gasteiger partial charge < -0.3 is 19.5 Å². The second-order valence-corrected chi connectivity index (χ2v) is 6.95. The first-order valence-corrected chi connectivity index (χ1v) is 9.13. The van der Waals surface area contributed by atoms with Gasteiger partial charge in [-0.1, -0.05) is 13.8 Å². The first kappa shape index (κ1) is 21.3. The van der Waals surface area contributed by atoms with Gasteiger partial charge in [-0.3, -0.25) is 4.79 Å². The Bertz CT molecular complexity index is 814. The van der Waals surface area contributed by atoms with Crippen LogP contribution < -0.4 is 14.8 Å². The highest BCUT2D eigenvalue weighted by atomic mass is 16.5. The molecule has 0 bridgehead atoms. The number of hydrogen-bond donors (Lipinski definition) is 1. The fourth-order valence-electron chi connectivity index (χ4n) is 2.39. The number of amides is 1. The number of benzene rings is 1. The molecule has 2 aromatic rings. The van der Waals surface area contributed by atoms with Crippen LogP contribution in [0.3, 0.4) is 0 Å². The fraction of sp³-hybridized carbons (Fsp3) is 0.450. The fourth-order valence-corrected chi connectivity index (χ4v) is 2.39. The highest BCUT2D eigenvalue weighted by Crippen LogP contribution is 2.28. The molecule has 28 heavy (non-hydrogen) atoms. The lowest BCUT2D eigenvalue weighted by Crippen LogP contribution is -2.23. The number of methoxy groups -OCH3 is 1. The van der Waals surface area contributed by atoms with Crippen LogP contribution in [0.4, 0.5) is 5.82 Å². The van der Waals surface area contributed by atoms with Crippen molar-refractivity contribution >= 4 is 17.7 Å². The molecule has 0 fully saturated rings. The lowest BCUT2D eigenvalue weighted by molar-refractivity contribution is -0.119.